The Kier molecular flexibility index (Phi) is 15.4. The van der Waals surface area contributed by atoms with Crippen molar-refractivity contribution in [1.82, 2.24) is 0 Å². The predicted molar refractivity (Wildman–Crippen MR) is 119 cm³/mol. The molecule has 2 N–H and O–H groups in total. The zero-order valence-corrected chi connectivity index (χ0v) is 18.4. The normalized spacial score (nSPS) is 13.3. The van der Waals surface area contributed by atoms with E-state index in [0.29, 0.717) is 19.1 Å². The van der Waals surface area contributed by atoms with E-state index in [4.69, 9.17) is 9.84 Å². The molecule has 29 heavy (non-hydrogen) atoms. The van der Waals surface area contributed by atoms with Crippen molar-refractivity contribution in [3.05, 3.63) is 35.9 Å². The number of hydrogen-bond acceptors (Lipinski definition) is 3. The SMILES string of the molecule is CCCCCC(CCCCCCC(O)CCCCC(=O)O)OCc1ccccc1. The second-order valence-corrected chi connectivity index (χ2v) is 8.20. The number of aliphatic hydroxyl groups excluding tert-OH is 1. The Hall–Kier alpha value is -1.39. The van der Waals surface area contributed by atoms with Gasteiger partial charge in [-0.05, 0) is 37.7 Å². The van der Waals surface area contributed by atoms with Gasteiger partial charge in [-0.3, -0.25) is 4.79 Å². The molecule has 0 bridgehead atoms. The van der Waals surface area contributed by atoms with Crippen LogP contribution >= 0.6 is 0 Å². The number of rotatable bonds is 19. The van der Waals surface area contributed by atoms with Gasteiger partial charge in [0.05, 0.1) is 18.8 Å². The van der Waals surface area contributed by atoms with Crippen LogP contribution in [0.3, 0.4) is 0 Å². The zero-order valence-electron chi connectivity index (χ0n) is 18.4. The van der Waals surface area contributed by atoms with Crippen LogP contribution in [-0.2, 0) is 16.1 Å². The molecule has 0 heterocycles. The van der Waals surface area contributed by atoms with Gasteiger partial charge in [-0.25, -0.2) is 0 Å². The summed E-state index contributed by atoms with van der Waals surface area (Å²) in [5.41, 5.74) is 1.24. The van der Waals surface area contributed by atoms with Crippen LogP contribution in [0.4, 0.5) is 0 Å². The molecule has 4 heteroatoms. The molecule has 0 spiro atoms. The van der Waals surface area contributed by atoms with Crippen molar-refractivity contribution in [3.8, 4) is 0 Å². The number of ether oxygens (including phenoxy) is 1. The van der Waals surface area contributed by atoms with Crippen molar-refractivity contribution in [3.63, 3.8) is 0 Å². The third-order valence-electron chi connectivity index (χ3n) is 5.45. The fraction of sp³-hybridized carbons (Fsp3) is 0.720. The predicted octanol–water partition coefficient (Wildman–Crippen LogP) is 6.50. The highest BCUT2D eigenvalue weighted by atomic mass is 16.5. The number of aliphatic carboxylic acids is 1. The molecule has 2 atom stereocenters. The molecule has 2 unspecified atom stereocenters. The van der Waals surface area contributed by atoms with Crippen molar-refractivity contribution >= 4 is 5.97 Å². The molecule has 0 aliphatic heterocycles. The minimum atomic E-state index is -0.750. The number of carbonyl (C=O) groups is 1. The Balaban J connectivity index is 2.12. The summed E-state index contributed by atoms with van der Waals surface area (Å²) in [5, 5.41) is 18.6. The van der Waals surface area contributed by atoms with Gasteiger partial charge in [0.15, 0.2) is 0 Å². The lowest BCUT2D eigenvalue weighted by molar-refractivity contribution is -0.137. The molecule has 0 amide bonds. The largest absolute Gasteiger partial charge is 0.481 e. The molecule has 1 aromatic carbocycles. The number of carboxylic acids is 1. The Bertz CT molecular complexity index is 503. The van der Waals surface area contributed by atoms with Gasteiger partial charge in [0.25, 0.3) is 0 Å². The lowest BCUT2D eigenvalue weighted by Gasteiger charge is -2.18. The van der Waals surface area contributed by atoms with Crippen LogP contribution in [0, 0.1) is 0 Å². The highest BCUT2D eigenvalue weighted by Crippen LogP contribution is 2.18. The summed E-state index contributed by atoms with van der Waals surface area (Å²) in [4.78, 5) is 10.5. The van der Waals surface area contributed by atoms with Crippen LogP contribution in [0.2, 0.25) is 0 Å². The first-order valence-corrected chi connectivity index (χ1v) is 11.7. The number of unbranched alkanes of at least 4 members (excludes halogenated alkanes) is 6. The number of carboxylic acid groups (broad SMARTS) is 1. The van der Waals surface area contributed by atoms with E-state index in [-0.39, 0.29) is 12.5 Å². The first-order chi connectivity index (χ1) is 14.1. The van der Waals surface area contributed by atoms with E-state index < -0.39 is 5.97 Å². The Morgan fingerprint density at radius 2 is 1.45 bits per heavy atom. The van der Waals surface area contributed by atoms with E-state index in [1.807, 2.05) is 6.07 Å². The number of aliphatic hydroxyl groups is 1. The van der Waals surface area contributed by atoms with Crippen LogP contribution in [0.15, 0.2) is 30.3 Å². The molecule has 0 aliphatic carbocycles. The number of benzene rings is 1. The van der Waals surface area contributed by atoms with Gasteiger partial charge in [0.2, 0.25) is 0 Å². The standard InChI is InChI=1S/C25H42O4/c1-2-3-7-18-24(29-21-22-14-8-6-9-15-22)19-11-5-4-10-16-23(26)17-12-13-20-25(27)28/h6,8-9,14-15,23-24,26H,2-5,7,10-13,16-21H2,1H3,(H,27,28). The van der Waals surface area contributed by atoms with Crippen LogP contribution in [0.5, 0.6) is 0 Å². The maximum atomic E-state index is 10.5. The highest BCUT2D eigenvalue weighted by Gasteiger charge is 2.10. The molecular formula is C25H42O4. The Morgan fingerprint density at radius 1 is 0.862 bits per heavy atom. The second kappa shape index (κ2) is 17.5. The van der Waals surface area contributed by atoms with Crippen LogP contribution < -0.4 is 0 Å². The third kappa shape index (κ3) is 15.2. The quantitative estimate of drug-likeness (QED) is 0.257. The van der Waals surface area contributed by atoms with Gasteiger partial charge >= 0.3 is 5.97 Å². The van der Waals surface area contributed by atoms with Gasteiger partial charge in [-0.1, -0.05) is 88.6 Å². The van der Waals surface area contributed by atoms with E-state index in [1.54, 1.807) is 0 Å². The maximum Gasteiger partial charge on any atom is 0.303 e. The fourth-order valence-electron chi connectivity index (χ4n) is 3.63. The molecule has 4 nitrogen and oxygen atoms in total. The topological polar surface area (TPSA) is 66.8 Å². The summed E-state index contributed by atoms with van der Waals surface area (Å²) in [7, 11) is 0. The van der Waals surface area contributed by atoms with E-state index in [9.17, 15) is 9.90 Å². The molecular weight excluding hydrogens is 364 g/mol. The summed E-state index contributed by atoms with van der Waals surface area (Å²) in [5.74, 6) is -0.750. The summed E-state index contributed by atoms with van der Waals surface area (Å²) in [6.07, 6.45) is 13.9. The van der Waals surface area contributed by atoms with Crippen molar-refractivity contribution < 1.29 is 19.7 Å². The van der Waals surface area contributed by atoms with E-state index in [0.717, 1.165) is 44.9 Å². The van der Waals surface area contributed by atoms with Crippen molar-refractivity contribution in [2.24, 2.45) is 0 Å². The smallest absolute Gasteiger partial charge is 0.303 e. The Labute approximate surface area is 177 Å². The second-order valence-electron chi connectivity index (χ2n) is 8.20. The molecule has 0 fully saturated rings. The average molecular weight is 407 g/mol. The minimum Gasteiger partial charge on any atom is -0.481 e. The fourth-order valence-corrected chi connectivity index (χ4v) is 3.63. The van der Waals surface area contributed by atoms with Crippen molar-refractivity contribution in [2.75, 3.05) is 0 Å². The van der Waals surface area contributed by atoms with Gasteiger partial charge in [0.1, 0.15) is 0 Å². The molecule has 0 aromatic heterocycles. The van der Waals surface area contributed by atoms with Crippen molar-refractivity contribution in [2.45, 2.75) is 116 Å². The van der Waals surface area contributed by atoms with E-state index >= 15 is 0 Å². The third-order valence-corrected chi connectivity index (χ3v) is 5.45. The summed E-state index contributed by atoms with van der Waals surface area (Å²) >= 11 is 0. The molecule has 1 rings (SSSR count). The van der Waals surface area contributed by atoms with Crippen molar-refractivity contribution in [1.29, 1.82) is 0 Å². The zero-order chi connectivity index (χ0) is 21.2. The molecule has 166 valence electrons. The van der Waals surface area contributed by atoms with Gasteiger partial charge in [0, 0.05) is 6.42 Å². The lowest BCUT2D eigenvalue weighted by Crippen LogP contribution is -2.13. The number of hydrogen-bond donors (Lipinski definition) is 2. The summed E-state index contributed by atoms with van der Waals surface area (Å²) in [6.45, 7) is 2.94. The molecule has 0 radical (unpaired) electrons. The summed E-state index contributed by atoms with van der Waals surface area (Å²) < 4.78 is 6.21. The van der Waals surface area contributed by atoms with Crippen LogP contribution in [-0.4, -0.2) is 28.4 Å². The van der Waals surface area contributed by atoms with E-state index in [1.165, 1.54) is 37.7 Å². The lowest BCUT2D eigenvalue weighted by atomic mass is 10.0. The molecule has 0 aliphatic rings. The van der Waals surface area contributed by atoms with Gasteiger partial charge in [-0.15, -0.1) is 0 Å². The van der Waals surface area contributed by atoms with Gasteiger partial charge in [-0.2, -0.15) is 0 Å². The molecule has 0 saturated heterocycles. The monoisotopic (exact) mass is 406 g/mol. The Morgan fingerprint density at radius 3 is 2.07 bits per heavy atom. The highest BCUT2D eigenvalue weighted by molar-refractivity contribution is 5.66. The first-order valence-electron chi connectivity index (χ1n) is 11.7. The molecule has 0 saturated carbocycles. The van der Waals surface area contributed by atoms with Crippen LogP contribution in [0.1, 0.15) is 102 Å². The van der Waals surface area contributed by atoms with E-state index in [2.05, 4.69) is 31.2 Å². The van der Waals surface area contributed by atoms with Gasteiger partial charge < -0.3 is 14.9 Å². The first kappa shape index (κ1) is 25.6. The minimum absolute atomic E-state index is 0.207. The average Bonchev–Trinajstić information content (AvgIpc) is 2.72. The molecule has 1 aromatic rings. The summed E-state index contributed by atoms with van der Waals surface area (Å²) in [6, 6.07) is 10.4. The maximum absolute atomic E-state index is 10.5. The van der Waals surface area contributed by atoms with Crippen LogP contribution in [0.25, 0.3) is 0 Å².